The van der Waals surface area contributed by atoms with Crippen LogP contribution in [0.4, 0.5) is 0 Å². The van der Waals surface area contributed by atoms with Crippen molar-refractivity contribution in [2.45, 2.75) is 44.8 Å². The molecule has 9 nitrogen and oxygen atoms in total. The van der Waals surface area contributed by atoms with E-state index in [2.05, 4.69) is 10.6 Å². The number of hydrogen-bond donors (Lipinski definition) is 3. The van der Waals surface area contributed by atoms with Gasteiger partial charge in [0, 0.05) is 11.1 Å². The Morgan fingerprint density at radius 2 is 1.97 bits per heavy atom. The largest absolute Gasteiger partial charge is 0.497 e. The molecular formula is C25H27N3O6. The van der Waals surface area contributed by atoms with E-state index in [1.807, 2.05) is 13.8 Å². The minimum Gasteiger partial charge on any atom is -0.497 e. The molecule has 0 saturated heterocycles. The highest BCUT2D eigenvalue weighted by molar-refractivity contribution is 6.01. The molecule has 1 aromatic rings. The van der Waals surface area contributed by atoms with Gasteiger partial charge in [-0.15, -0.1) is 0 Å². The molecule has 0 fully saturated rings. The highest BCUT2D eigenvalue weighted by Crippen LogP contribution is 2.38. The number of amides is 3. The second-order valence-electron chi connectivity index (χ2n) is 8.59. The summed E-state index contributed by atoms with van der Waals surface area (Å²) in [6.07, 6.45) is 5.71. The quantitative estimate of drug-likeness (QED) is 0.563. The minimum atomic E-state index is -1.12. The van der Waals surface area contributed by atoms with E-state index in [0.717, 1.165) is 0 Å². The first kappa shape index (κ1) is 23.3. The van der Waals surface area contributed by atoms with Gasteiger partial charge in [0.25, 0.3) is 11.8 Å². The highest BCUT2D eigenvalue weighted by Gasteiger charge is 2.48. The molecule has 2 unspecified atom stereocenters. The van der Waals surface area contributed by atoms with Gasteiger partial charge in [-0.1, -0.05) is 44.5 Å². The molecule has 3 heterocycles. The molecule has 178 valence electrons. The van der Waals surface area contributed by atoms with Crippen LogP contribution >= 0.6 is 0 Å². The number of carbonyl (C=O) groups is 4. The van der Waals surface area contributed by atoms with Crippen LogP contribution in [0.15, 0.2) is 65.6 Å². The zero-order valence-corrected chi connectivity index (χ0v) is 19.0. The number of hydrogen-bond acceptors (Lipinski definition) is 5. The van der Waals surface area contributed by atoms with E-state index >= 15 is 0 Å². The van der Waals surface area contributed by atoms with Gasteiger partial charge in [-0.05, 0) is 36.1 Å². The van der Waals surface area contributed by atoms with Crippen molar-refractivity contribution in [2.24, 2.45) is 5.92 Å². The van der Waals surface area contributed by atoms with E-state index in [4.69, 9.17) is 4.74 Å². The van der Waals surface area contributed by atoms with Crippen molar-refractivity contribution in [1.29, 1.82) is 0 Å². The zero-order valence-electron chi connectivity index (χ0n) is 19.0. The lowest BCUT2D eigenvalue weighted by atomic mass is 9.96. The van der Waals surface area contributed by atoms with Gasteiger partial charge in [0.15, 0.2) is 0 Å². The summed E-state index contributed by atoms with van der Waals surface area (Å²) in [5.74, 6) is -2.76. The normalized spacial score (nSPS) is 22.7. The Bertz CT molecular complexity index is 1110. The van der Waals surface area contributed by atoms with Gasteiger partial charge < -0.3 is 20.5 Å². The lowest BCUT2D eigenvalue weighted by Gasteiger charge is -2.31. The number of ether oxygens (including phenoxy) is 1. The first-order valence-electron chi connectivity index (χ1n) is 11.3. The van der Waals surface area contributed by atoms with Gasteiger partial charge in [0.05, 0.1) is 12.0 Å². The molecule has 0 bridgehead atoms. The molecule has 4 rings (SSSR count). The van der Waals surface area contributed by atoms with Gasteiger partial charge in [0.1, 0.15) is 24.7 Å². The molecule has 3 aliphatic rings. The molecule has 34 heavy (non-hydrogen) atoms. The maximum Gasteiger partial charge on any atom is 0.327 e. The number of allylic oxidation sites excluding steroid dienone is 1. The van der Waals surface area contributed by atoms with Crippen LogP contribution < -0.4 is 10.6 Å². The van der Waals surface area contributed by atoms with Crippen LogP contribution in [0.25, 0.3) is 0 Å². The molecule has 3 aliphatic heterocycles. The van der Waals surface area contributed by atoms with Crippen LogP contribution in [0.1, 0.15) is 37.0 Å². The van der Waals surface area contributed by atoms with Crippen LogP contribution in [0.2, 0.25) is 0 Å². The van der Waals surface area contributed by atoms with Crippen LogP contribution in [0.5, 0.6) is 0 Å². The number of nitrogens with zero attached hydrogens (tertiary/aromatic N) is 1. The topological polar surface area (TPSA) is 125 Å². The molecule has 3 N–H and O–H groups in total. The fraction of sp³-hybridized carbons (Fsp3) is 0.360. The van der Waals surface area contributed by atoms with Crippen LogP contribution in [0.3, 0.4) is 0 Å². The van der Waals surface area contributed by atoms with E-state index in [1.54, 1.807) is 42.5 Å². The van der Waals surface area contributed by atoms with Crippen molar-refractivity contribution >= 4 is 23.7 Å². The molecule has 0 saturated carbocycles. The Morgan fingerprint density at radius 1 is 1.24 bits per heavy atom. The van der Waals surface area contributed by atoms with E-state index in [1.165, 1.54) is 11.2 Å². The molecule has 0 radical (unpaired) electrons. The van der Waals surface area contributed by atoms with Crippen molar-refractivity contribution in [3.05, 3.63) is 71.2 Å². The third-order valence-corrected chi connectivity index (χ3v) is 6.50. The fourth-order valence-corrected chi connectivity index (χ4v) is 4.43. The van der Waals surface area contributed by atoms with Crippen LogP contribution in [0, 0.1) is 5.92 Å². The van der Waals surface area contributed by atoms with Gasteiger partial charge in [-0.3, -0.25) is 19.3 Å². The Hall–Kier alpha value is -3.88. The van der Waals surface area contributed by atoms with Crippen LogP contribution in [-0.4, -0.2) is 58.4 Å². The average molecular weight is 466 g/mol. The van der Waals surface area contributed by atoms with Crippen molar-refractivity contribution in [2.75, 3.05) is 6.61 Å². The molecular weight excluding hydrogens is 438 g/mol. The van der Waals surface area contributed by atoms with E-state index in [9.17, 15) is 24.3 Å². The predicted molar refractivity (Wildman–Crippen MR) is 122 cm³/mol. The molecule has 3 amide bonds. The summed E-state index contributed by atoms with van der Waals surface area (Å²) >= 11 is 0. The van der Waals surface area contributed by atoms with Gasteiger partial charge in [-0.2, -0.15) is 0 Å². The van der Waals surface area contributed by atoms with Gasteiger partial charge in [0.2, 0.25) is 5.91 Å². The fourth-order valence-electron chi connectivity index (χ4n) is 4.43. The van der Waals surface area contributed by atoms with Crippen molar-refractivity contribution in [1.82, 2.24) is 15.5 Å². The molecule has 0 aromatic heterocycles. The molecule has 0 aliphatic carbocycles. The lowest BCUT2D eigenvalue weighted by Crippen LogP contribution is -2.55. The second kappa shape index (κ2) is 9.54. The smallest absolute Gasteiger partial charge is 0.327 e. The number of benzene rings is 1. The average Bonchev–Trinajstić information content (AvgIpc) is 2.98. The summed E-state index contributed by atoms with van der Waals surface area (Å²) in [6.45, 7) is 3.79. The van der Waals surface area contributed by atoms with Crippen LogP contribution in [-0.2, 0) is 19.1 Å². The number of carboxylic acid groups (broad SMARTS) is 1. The Morgan fingerprint density at radius 3 is 2.65 bits per heavy atom. The number of carbonyl (C=O) groups excluding carboxylic acids is 3. The standard InChI is InChI=1S/C25H27N3O6/c1-3-14(2)19(26-22(29)16-7-5-4-6-8-16)23(30)27-20-17-13-34-12-11-15-9-10-18(25(32)33)28(21(15)17)24(20)31/h4-9,11-12,14,18-20H,3,10,13H2,1-2H3,(H,26,29)(H,27,30)(H,32,33)/t14?,18-,19?,20-/m0/s1. The third-order valence-electron chi connectivity index (χ3n) is 6.50. The summed E-state index contributed by atoms with van der Waals surface area (Å²) in [5, 5.41) is 15.2. The highest BCUT2D eigenvalue weighted by atomic mass is 16.5. The van der Waals surface area contributed by atoms with Crippen molar-refractivity contribution in [3.8, 4) is 0 Å². The molecule has 9 heteroatoms. The number of rotatable bonds is 7. The molecule has 0 spiro atoms. The summed E-state index contributed by atoms with van der Waals surface area (Å²) in [6, 6.07) is 5.55. The van der Waals surface area contributed by atoms with Gasteiger partial charge in [-0.25, -0.2) is 4.79 Å². The zero-order chi connectivity index (χ0) is 24.4. The van der Waals surface area contributed by atoms with Gasteiger partial charge >= 0.3 is 5.97 Å². The summed E-state index contributed by atoms with van der Waals surface area (Å²) in [7, 11) is 0. The van der Waals surface area contributed by atoms with Crippen molar-refractivity contribution < 1.29 is 29.0 Å². The maximum absolute atomic E-state index is 13.4. The summed E-state index contributed by atoms with van der Waals surface area (Å²) in [4.78, 5) is 52.6. The predicted octanol–water partition coefficient (Wildman–Crippen LogP) is 1.74. The maximum atomic E-state index is 13.4. The number of aliphatic carboxylic acids is 1. The summed E-state index contributed by atoms with van der Waals surface area (Å²) < 4.78 is 5.50. The van der Waals surface area contributed by atoms with E-state index in [0.29, 0.717) is 28.8 Å². The number of carboxylic acids is 1. The Labute approximate surface area is 197 Å². The molecule has 1 aromatic carbocycles. The Kier molecular flexibility index (Phi) is 6.54. The van der Waals surface area contributed by atoms with E-state index in [-0.39, 0.29) is 18.9 Å². The Balaban J connectivity index is 1.60. The number of nitrogens with one attached hydrogen (secondary N) is 2. The molecule has 4 atom stereocenters. The SMILES string of the molecule is CCC(C)C(NC(=O)c1ccccc1)C(=O)N[C@@H]1C(=O)N2C3=C1COC=CC3=CC[C@H]2C(=O)O. The first-order chi connectivity index (χ1) is 16.3. The lowest BCUT2D eigenvalue weighted by molar-refractivity contribution is -0.148. The van der Waals surface area contributed by atoms with E-state index < -0.39 is 41.8 Å². The summed E-state index contributed by atoms with van der Waals surface area (Å²) in [5.41, 5.74) is 2.07. The minimum absolute atomic E-state index is 0.0348. The van der Waals surface area contributed by atoms with Crippen molar-refractivity contribution in [3.63, 3.8) is 0 Å². The first-order valence-corrected chi connectivity index (χ1v) is 11.3. The third kappa shape index (κ3) is 4.21. The monoisotopic (exact) mass is 465 g/mol. The second-order valence-corrected chi connectivity index (χ2v) is 8.59.